The van der Waals surface area contributed by atoms with Gasteiger partial charge in [-0.2, -0.15) is 0 Å². The second kappa shape index (κ2) is 7.26. The number of amides is 1. The number of carbonyl (C=O) groups is 1. The van der Waals surface area contributed by atoms with E-state index >= 15 is 0 Å². The number of hydrogen-bond acceptors (Lipinski definition) is 6. The molecular formula is C19H24N4O3S. The fourth-order valence-corrected chi connectivity index (χ4v) is 5.09. The van der Waals surface area contributed by atoms with Gasteiger partial charge in [-0.1, -0.05) is 17.7 Å². The maximum atomic E-state index is 12.5. The van der Waals surface area contributed by atoms with Gasteiger partial charge in [0, 0.05) is 17.8 Å². The number of hydrogen-bond donors (Lipinski definition) is 2. The first-order valence-corrected chi connectivity index (χ1v) is 10.7. The Morgan fingerprint density at radius 2 is 1.74 bits per heavy atom. The van der Waals surface area contributed by atoms with Crippen molar-refractivity contribution in [2.45, 2.75) is 40.2 Å². The molecule has 144 valence electrons. The minimum absolute atomic E-state index is 0.0182. The SMILES string of the molecule is Cc1cc(C)c(Nc2cc(C(=O)NC3CCS(=O)(=O)C3)nc(C)n2)c(C)c1. The van der Waals surface area contributed by atoms with E-state index in [1.807, 2.05) is 20.8 Å². The molecule has 0 bridgehead atoms. The van der Waals surface area contributed by atoms with E-state index in [1.165, 1.54) is 5.56 Å². The number of rotatable bonds is 4. The van der Waals surface area contributed by atoms with Gasteiger partial charge in [0.2, 0.25) is 0 Å². The van der Waals surface area contributed by atoms with Crippen LogP contribution in [0.1, 0.15) is 39.4 Å². The van der Waals surface area contributed by atoms with E-state index in [2.05, 4.69) is 32.7 Å². The van der Waals surface area contributed by atoms with Crippen LogP contribution in [0.4, 0.5) is 11.5 Å². The Morgan fingerprint density at radius 1 is 1.07 bits per heavy atom. The third-order valence-corrected chi connectivity index (χ3v) is 6.34. The molecule has 2 aromatic rings. The van der Waals surface area contributed by atoms with Gasteiger partial charge in [0.15, 0.2) is 9.84 Å². The first kappa shape index (κ1) is 19.3. The summed E-state index contributed by atoms with van der Waals surface area (Å²) in [5, 5.41) is 6.05. The highest BCUT2D eigenvalue weighted by Gasteiger charge is 2.29. The second-order valence-corrected chi connectivity index (χ2v) is 9.39. The molecule has 1 aliphatic rings. The van der Waals surface area contributed by atoms with Gasteiger partial charge in [-0.05, 0) is 45.2 Å². The van der Waals surface area contributed by atoms with Crippen LogP contribution >= 0.6 is 0 Å². The van der Waals surface area contributed by atoms with Crippen molar-refractivity contribution in [3.05, 3.63) is 46.4 Å². The lowest BCUT2D eigenvalue weighted by Crippen LogP contribution is -2.36. The van der Waals surface area contributed by atoms with E-state index in [4.69, 9.17) is 0 Å². The number of aromatic nitrogens is 2. The Balaban J connectivity index is 1.81. The number of nitrogens with zero attached hydrogens (tertiary/aromatic N) is 2. The van der Waals surface area contributed by atoms with Gasteiger partial charge in [-0.3, -0.25) is 4.79 Å². The summed E-state index contributed by atoms with van der Waals surface area (Å²) in [7, 11) is -3.05. The van der Waals surface area contributed by atoms with Crippen molar-refractivity contribution in [1.29, 1.82) is 0 Å². The van der Waals surface area contributed by atoms with E-state index < -0.39 is 9.84 Å². The molecule has 27 heavy (non-hydrogen) atoms. The molecule has 2 N–H and O–H groups in total. The summed E-state index contributed by atoms with van der Waals surface area (Å²) >= 11 is 0. The molecule has 1 fully saturated rings. The molecule has 0 aliphatic carbocycles. The quantitative estimate of drug-likeness (QED) is 0.834. The lowest BCUT2D eigenvalue weighted by molar-refractivity contribution is 0.0935. The second-order valence-electron chi connectivity index (χ2n) is 7.16. The van der Waals surface area contributed by atoms with Crippen LogP contribution in [0.15, 0.2) is 18.2 Å². The average molecular weight is 388 g/mol. The molecule has 3 rings (SSSR count). The van der Waals surface area contributed by atoms with Crippen molar-refractivity contribution in [2.24, 2.45) is 0 Å². The molecule has 8 heteroatoms. The lowest BCUT2D eigenvalue weighted by atomic mass is 10.1. The zero-order chi connectivity index (χ0) is 19.8. The Hall–Kier alpha value is -2.48. The molecule has 1 saturated heterocycles. The Labute approximate surface area is 159 Å². The predicted molar refractivity (Wildman–Crippen MR) is 105 cm³/mol. The highest BCUT2D eigenvalue weighted by molar-refractivity contribution is 7.91. The molecule has 0 saturated carbocycles. The van der Waals surface area contributed by atoms with Crippen molar-refractivity contribution in [2.75, 3.05) is 16.8 Å². The van der Waals surface area contributed by atoms with E-state index in [-0.39, 0.29) is 29.1 Å². The molecule has 1 amide bonds. The standard InChI is InChI=1S/C19H24N4O3S/c1-11-7-12(2)18(13(3)8-11)23-17-9-16(20-14(4)21-17)19(24)22-15-5-6-27(25,26)10-15/h7-9,15H,5-6,10H2,1-4H3,(H,22,24)(H,20,21,23). The molecule has 1 atom stereocenters. The highest BCUT2D eigenvalue weighted by Crippen LogP contribution is 2.25. The van der Waals surface area contributed by atoms with E-state index in [0.29, 0.717) is 18.1 Å². The van der Waals surface area contributed by atoms with Gasteiger partial charge in [0.1, 0.15) is 17.3 Å². The third kappa shape index (κ3) is 4.63. The molecule has 0 spiro atoms. The van der Waals surface area contributed by atoms with Gasteiger partial charge < -0.3 is 10.6 Å². The molecule has 1 unspecified atom stereocenters. The van der Waals surface area contributed by atoms with Gasteiger partial charge in [0.05, 0.1) is 11.5 Å². The zero-order valence-corrected chi connectivity index (χ0v) is 16.8. The van der Waals surface area contributed by atoms with Gasteiger partial charge in [-0.25, -0.2) is 18.4 Å². The van der Waals surface area contributed by atoms with Crippen LogP contribution in [0.3, 0.4) is 0 Å². The number of nitrogens with one attached hydrogen (secondary N) is 2. The van der Waals surface area contributed by atoms with Crippen molar-refractivity contribution in [3.8, 4) is 0 Å². The van der Waals surface area contributed by atoms with Crippen molar-refractivity contribution in [3.63, 3.8) is 0 Å². The average Bonchev–Trinajstić information content (AvgIpc) is 2.89. The summed E-state index contributed by atoms with van der Waals surface area (Å²) in [6, 6.07) is 5.38. The minimum atomic E-state index is -3.05. The normalized spacial score (nSPS) is 18.3. The van der Waals surface area contributed by atoms with Crippen LogP contribution in [-0.4, -0.2) is 41.8 Å². The van der Waals surface area contributed by atoms with Crippen LogP contribution in [0.25, 0.3) is 0 Å². The van der Waals surface area contributed by atoms with Crippen molar-refractivity contribution >= 4 is 27.2 Å². The first-order valence-electron chi connectivity index (χ1n) is 8.85. The van der Waals surface area contributed by atoms with E-state index in [9.17, 15) is 13.2 Å². The van der Waals surface area contributed by atoms with E-state index in [0.717, 1.165) is 16.8 Å². The Morgan fingerprint density at radius 3 is 2.33 bits per heavy atom. The molecule has 0 radical (unpaired) electrons. The van der Waals surface area contributed by atoms with Crippen molar-refractivity contribution < 1.29 is 13.2 Å². The van der Waals surface area contributed by atoms with Crippen molar-refractivity contribution in [1.82, 2.24) is 15.3 Å². The number of anilines is 2. The van der Waals surface area contributed by atoms with Gasteiger partial charge >= 0.3 is 0 Å². The summed E-state index contributed by atoms with van der Waals surface area (Å²) in [5.74, 6) is 0.700. The molecule has 1 aromatic heterocycles. The van der Waals surface area contributed by atoms with Crippen LogP contribution in [0, 0.1) is 27.7 Å². The monoisotopic (exact) mass is 388 g/mol. The smallest absolute Gasteiger partial charge is 0.270 e. The van der Waals surface area contributed by atoms with E-state index in [1.54, 1.807) is 13.0 Å². The lowest BCUT2D eigenvalue weighted by Gasteiger charge is -2.15. The minimum Gasteiger partial charge on any atom is -0.347 e. The fourth-order valence-electron chi connectivity index (χ4n) is 3.42. The summed E-state index contributed by atoms with van der Waals surface area (Å²) in [6.45, 7) is 7.80. The molecular weight excluding hydrogens is 364 g/mol. The predicted octanol–water partition coefficient (Wildman–Crippen LogP) is 2.37. The summed E-state index contributed by atoms with van der Waals surface area (Å²) in [5.41, 5.74) is 4.53. The number of carbonyl (C=O) groups excluding carboxylic acids is 1. The fraction of sp³-hybridized carbons (Fsp3) is 0.421. The maximum absolute atomic E-state index is 12.5. The van der Waals surface area contributed by atoms with Crippen LogP contribution in [0.2, 0.25) is 0 Å². The zero-order valence-electron chi connectivity index (χ0n) is 16.0. The Bertz CT molecular complexity index is 979. The molecule has 7 nitrogen and oxygen atoms in total. The first-order chi connectivity index (χ1) is 12.6. The van der Waals surface area contributed by atoms with Gasteiger partial charge in [0.25, 0.3) is 5.91 Å². The summed E-state index contributed by atoms with van der Waals surface area (Å²) < 4.78 is 23.1. The molecule has 2 heterocycles. The Kier molecular flexibility index (Phi) is 5.19. The molecule has 1 aliphatic heterocycles. The largest absolute Gasteiger partial charge is 0.347 e. The number of aryl methyl sites for hydroxylation is 4. The van der Waals surface area contributed by atoms with Gasteiger partial charge in [-0.15, -0.1) is 0 Å². The summed E-state index contributed by atoms with van der Waals surface area (Å²) in [4.78, 5) is 21.1. The van der Waals surface area contributed by atoms with Crippen LogP contribution in [-0.2, 0) is 9.84 Å². The number of sulfone groups is 1. The summed E-state index contributed by atoms with van der Waals surface area (Å²) in [6.07, 6.45) is 0.436. The maximum Gasteiger partial charge on any atom is 0.270 e. The number of benzene rings is 1. The highest BCUT2D eigenvalue weighted by atomic mass is 32.2. The molecule has 1 aromatic carbocycles. The van der Waals surface area contributed by atoms with Crippen LogP contribution in [0.5, 0.6) is 0 Å². The van der Waals surface area contributed by atoms with Crippen LogP contribution < -0.4 is 10.6 Å². The topological polar surface area (TPSA) is 101 Å². The third-order valence-electron chi connectivity index (χ3n) is 4.57.